The zero-order chi connectivity index (χ0) is 14.7. The van der Waals surface area contributed by atoms with Crippen molar-refractivity contribution in [3.63, 3.8) is 0 Å². The normalized spacial score (nSPS) is 8.68. The fraction of sp³-hybridized carbons (Fsp3) is 0.182. The van der Waals surface area contributed by atoms with Crippen LogP contribution >= 0.6 is 0 Å². The molecule has 0 aliphatic rings. The molecular formula is C11H15N3O5. The molecule has 0 saturated heterocycles. The minimum Gasteiger partial charge on any atom is -0.480 e. The summed E-state index contributed by atoms with van der Waals surface area (Å²) in [6, 6.07) is 8.27. The molecule has 0 spiro atoms. The number of anilines is 1. The van der Waals surface area contributed by atoms with E-state index in [0.29, 0.717) is 0 Å². The fourth-order valence-corrected chi connectivity index (χ4v) is 0.911. The lowest BCUT2D eigenvalue weighted by molar-refractivity contribution is -0.135. The number of nitrogens with two attached hydrogens (primary N) is 1. The molecule has 0 fully saturated rings. The summed E-state index contributed by atoms with van der Waals surface area (Å²) >= 11 is 0. The highest BCUT2D eigenvalue weighted by molar-refractivity contribution is 5.93. The molecule has 19 heavy (non-hydrogen) atoms. The van der Waals surface area contributed by atoms with Crippen LogP contribution in [-0.2, 0) is 9.59 Å². The van der Waals surface area contributed by atoms with Gasteiger partial charge in [0.25, 0.3) is 5.91 Å². The van der Waals surface area contributed by atoms with Crippen molar-refractivity contribution in [3.05, 3.63) is 30.3 Å². The van der Waals surface area contributed by atoms with E-state index >= 15 is 0 Å². The summed E-state index contributed by atoms with van der Waals surface area (Å²) in [7, 11) is 0. The Morgan fingerprint density at radius 3 is 2.11 bits per heavy atom. The lowest BCUT2D eigenvalue weighted by Gasteiger charge is -2.00. The van der Waals surface area contributed by atoms with Crippen LogP contribution in [0.2, 0.25) is 0 Å². The minimum absolute atomic E-state index is 0.0377. The molecule has 0 bridgehead atoms. The summed E-state index contributed by atoms with van der Waals surface area (Å²) in [5.74, 6) is -1.65. The number of rotatable bonds is 4. The van der Waals surface area contributed by atoms with Crippen LogP contribution < -0.4 is 16.4 Å². The van der Waals surface area contributed by atoms with Gasteiger partial charge in [-0.05, 0) is 12.1 Å². The zero-order valence-corrected chi connectivity index (χ0v) is 10.00. The van der Waals surface area contributed by atoms with E-state index in [-0.39, 0.29) is 6.54 Å². The summed E-state index contributed by atoms with van der Waals surface area (Å²) in [4.78, 5) is 29.8. The minimum atomic E-state index is -0.955. The molecule has 0 aliphatic heterocycles. The first-order chi connectivity index (χ1) is 8.95. The Bertz CT molecular complexity index is 422. The Kier molecular flexibility index (Phi) is 8.13. The van der Waals surface area contributed by atoms with Crippen LogP contribution in [0.15, 0.2) is 30.3 Å². The van der Waals surface area contributed by atoms with Crippen LogP contribution in [0, 0.1) is 0 Å². The average molecular weight is 269 g/mol. The second-order valence-electron chi connectivity index (χ2n) is 3.18. The highest BCUT2D eigenvalue weighted by atomic mass is 16.4. The number of nitrogens with one attached hydrogen (secondary N) is 2. The number of urea groups is 1. The van der Waals surface area contributed by atoms with E-state index in [2.05, 4.69) is 11.1 Å². The number of hydrogen-bond acceptors (Lipinski definition) is 5. The third-order valence-electron chi connectivity index (χ3n) is 1.62. The monoisotopic (exact) mass is 269 g/mol. The SMILES string of the molecule is NC(=O)NC(=O)CO.O=C(O)CNc1ccccc1. The summed E-state index contributed by atoms with van der Waals surface area (Å²) in [5.41, 5.74) is 5.32. The van der Waals surface area contributed by atoms with Gasteiger partial charge in [0, 0.05) is 5.69 Å². The van der Waals surface area contributed by atoms with E-state index in [1.54, 1.807) is 5.32 Å². The Hall–Kier alpha value is -2.61. The van der Waals surface area contributed by atoms with E-state index in [1.807, 2.05) is 30.3 Å². The fourth-order valence-electron chi connectivity index (χ4n) is 0.911. The maximum atomic E-state index is 10.1. The molecule has 0 unspecified atom stereocenters. The van der Waals surface area contributed by atoms with Gasteiger partial charge in [-0.2, -0.15) is 0 Å². The number of aliphatic carboxylic acids is 1. The summed E-state index contributed by atoms with van der Waals surface area (Å²) in [6.07, 6.45) is 0. The molecule has 0 aliphatic carbocycles. The van der Waals surface area contributed by atoms with Crippen molar-refractivity contribution in [2.75, 3.05) is 18.5 Å². The molecule has 1 aromatic carbocycles. The molecule has 8 heteroatoms. The van der Waals surface area contributed by atoms with Gasteiger partial charge >= 0.3 is 12.0 Å². The number of aliphatic hydroxyl groups excluding tert-OH is 1. The lowest BCUT2D eigenvalue weighted by Crippen LogP contribution is -2.36. The first-order valence-corrected chi connectivity index (χ1v) is 5.16. The molecule has 0 heterocycles. The number of carboxylic acids is 1. The van der Waals surface area contributed by atoms with Gasteiger partial charge in [-0.15, -0.1) is 0 Å². The third kappa shape index (κ3) is 10.3. The number of primary amides is 1. The van der Waals surface area contributed by atoms with Crippen LogP contribution in [0.1, 0.15) is 0 Å². The first kappa shape index (κ1) is 16.4. The van der Waals surface area contributed by atoms with Gasteiger partial charge in [-0.25, -0.2) is 4.79 Å². The second-order valence-corrected chi connectivity index (χ2v) is 3.18. The van der Waals surface area contributed by atoms with Crippen LogP contribution in [0.3, 0.4) is 0 Å². The standard InChI is InChI=1S/C8H9NO2.C3H6N2O3/c10-8(11)6-9-7-4-2-1-3-5-7;4-3(8)5-2(7)1-6/h1-5,9H,6H2,(H,10,11);6H,1H2,(H3,4,5,7,8). The molecule has 0 aromatic heterocycles. The third-order valence-corrected chi connectivity index (χ3v) is 1.62. The molecule has 0 saturated carbocycles. The molecule has 0 atom stereocenters. The smallest absolute Gasteiger partial charge is 0.322 e. The summed E-state index contributed by atoms with van der Waals surface area (Å²) in [5, 5.41) is 20.7. The molecule has 0 radical (unpaired) electrons. The number of benzene rings is 1. The lowest BCUT2D eigenvalue weighted by atomic mass is 10.3. The molecular weight excluding hydrogens is 254 g/mol. The van der Waals surface area contributed by atoms with Gasteiger partial charge in [-0.1, -0.05) is 18.2 Å². The molecule has 1 rings (SSSR count). The van der Waals surface area contributed by atoms with E-state index in [1.165, 1.54) is 0 Å². The number of amides is 3. The largest absolute Gasteiger partial charge is 0.480 e. The van der Waals surface area contributed by atoms with E-state index in [4.69, 9.17) is 10.2 Å². The van der Waals surface area contributed by atoms with Crippen LogP contribution in [-0.4, -0.2) is 41.3 Å². The highest BCUT2D eigenvalue weighted by Crippen LogP contribution is 2.03. The van der Waals surface area contributed by atoms with Crippen molar-refractivity contribution in [2.24, 2.45) is 5.73 Å². The molecule has 3 amide bonds. The van der Waals surface area contributed by atoms with Crippen LogP contribution in [0.25, 0.3) is 0 Å². The number of hydrogen-bond donors (Lipinski definition) is 5. The molecule has 104 valence electrons. The Labute approximate surface area is 109 Å². The maximum Gasteiger partial charge on any atom is 0.322 e. The van der Waals surface area contributed by atoms with E-state index < -0.39 is 24.5 Å². The summed E-state index contributed by atoms with van der Waals surface area (Å²) in [6.45, 7) is -0.757. The van der Waals surface area contributed by atoms with Crippen molar-refractivity contribution in [1.29, 1.82) is 0 Å². The highest BCUT2D eigenvalue weighted by Gasteiger charge is 1.98. The van der Waals surface area contributed by atoms with Gasteiger partial charge < -0.3 is 21.3 Å². The zero-order valence-electron chi connectivity index (χ0n) is 10.00. The van der Waals surface area contributed by atoms with Crippen molar-refractivity contribution in [1.82, 2.24) is 5.32 Å². The number of para-hydroxylation sites is 1. The van der Waals surface area contributed by atoms with Crippen molar-refractivity contribution >= 4 is 23.6 Å². The second kappa shape index (κ2) is 9.42. The average Bonchev–Trinajstić information content (AvgIpc) is 2.37. The van der Waals surface area contributed by atoms with Crippen LogP contribution in [0.4, 0.5) is 10.5 Å². The van der Waals surface area contributed by atoms with Crippen molar-refractivity contribution in [2.45, 2.75) is 0 Å². The summed E-state index contributed by atoms with van der Waals surface area (Å²) < 4.78 is 0. The number of carbonyl (C=O) groups is 3. The number of imide groups is 1. The number of carbonyl (C=O) groups excluding carboxylic acids is 2. The van der Waals surface area contributed by atoms with E-state index in [0.717, 1.165) is 5.69 Å². The molecule has 6 N–H and O–H groups in total. The van der Waals surface area contributed by atoms with Gasteiger partial charge in [0.1, 0.15) is 13.2 Å². The van der Waals surface area contributed by atoms with Gasteiger partial charge in [0.2, 0.25) is 0 Å². The van der Waals surface area contributed by atoms with Gasteiger partial charge in [0.05, 0.1) is 0 Å². The molecule has 8 nitrogen and oxygen atoms in total. The Balaban J connectivity index is 0.000000362. The first-order valence-electron chi connectivity index (χ1n) is 5.16. The molecule has 1 aromatic rings. The Morgan fingerprint density at radius 1 is 1.16 bits per heavy atom. The number of carboxylic acid groups (broad SMARTS) is 1. The van der Waals surface area contributed by atoms with Crippen molar-refractivity contribution < 1.29 is 24.6 Å². The van der Waals surface area contributed by atoms with Gasteiger partial charge in [-0.3, -0.25) is 14.9 Å². The quantitative estimate of drug-likeness (QED) is 0.492. The predicted octanol–water partition coefficient (Wildman–Crippen LogP) is -0.643. The number of aliphatic hydroxyl groups is 1. The van der Waals surface area contributed by atoms with Gasteiger partial charge in [0.15, 0.2) is 0 Å². The van der Waals surface area contributed by atoms with Crippen LogP contribution in [0.5, 0.6) is 0 Å². The Morgan fingerprint density at radius 2 is 1.74 bits per heavy atom. The van der Waals surface area contributed by atoms with Crippen molar-refractivity contribution in [3.8, 4) is 0 Å². The predicted molar refractivity (Wildman–Crippen MR) is 67.4 cm³/mol. The van der Waals surface area contributed by atoms with E-state index in [9.17, 15) is 14.4 Å². The topological polar surface area (TPSA) is 142 Å². The maximum absolute atomic E-state index is 10.1.